The monoisotopic (exact) mass is 461 g/mol. The van der Waals surface area contributed by atoms with Gasteiger partial charge in [-0.15, -0.1) is 11.3 Å². The van der Waals surface area contributed by atoms with Crippen molar-refractivity contribution in [3.8, 4) is 0 Å². The highest BCUT2D eigenvalue weighted by Gasteiger charge is 2.39. The number of primary amides is 1. The number of carbonyl (C=O) groups is 1. The van der Waals surface area contributed by atoms with Gasteiger partial charge in [-0.3, -0.25) is 4.79 Å². The molecule has 2 rings (SSSR count). The van der Waals surface area contributed by atoms with Gasteiger partial charge in [-0.2, -0.15) is 0 Å². The summed E-state index contributed by atoms with van der Waals surface area (Å²) in [4.78, 5) is 11.7. The van der Waals surface area contributed by atoms with Gasteiger partial charge in [0.1, 0.15) is 4.34 Å². The molecule has 0 bridgehead atoms. The van der Waals surface area contributed by atoms with Crippen LogP contribution in [-0.2, 0) is 11.2 Å². The molecule has 5 N–H and O–H groups in total. The van der Waals surface area contributed by atoms with Crippen LogP contribution in [0.3, 0.4) is 0 Å². The highest BCUT2D eigenvalue weighted by molar-refractivity contribution is 7.16. The fourth-order valence-corrected chi connectivity index (χ4v) is 5.08. The molecule has 5 nitrogen and oxygen atoms in total. The maximum absolute atomic E-state index is 10.7. The fourth-order valence-electron chi connectivity index (χ4n) is 3.63. The van der Waals surface area contributed by atoms with Gasteiger partial charge in [-0.05, 0) is 44.1 Å². The highest BCUT2D eigenvalue weighted by Crippen LogP contribution is 2.36. The largest absolute Gasteiger partial charge is 0.393 e. The third kappa shape index (κ3) is 8.04. The molecule has 1 heterocycles. The van der Waals surface area contributed by atoms with Gasteiger partial charge >= 0.3 is 0 Å². The average Bonchev–Trinajstić information content (AvgIpc) is 3.11. The number of aryl methyl sites for hydroxylation is 1. The number of aliphatic hydroxyl groups is 3. The van der Waals surface area contributed by atoms with E-state index in [1.54, 1.807) is 6.08 Å². The first-order valence-electron chi connectivity index (χ1n) is 9.87. The molecule has 1 aromatic heterocycles. The Bertz CT molecular complexity index is 702. The lowest BCUT2D eigenvalue weighted by Crippen LogP contribution is -2.20. The topological polar surface area (TPSA) is 104 Å². The Morgan fingerprint density at radius 1 is 1.31 bits per heavy atom. The van der Waals surface area contributed by atoms with Crippen LogP contribution in [0.5, 0.6) is 0 Å². The number of unbranched alkanes of at least 4 members (excludes halogenated alkanes) is 1. The molecule has 1 fully saturated rings. The predicted octanol–water partition coefficient (Wildman–Crippen LogP) is 3.86. The van der Waals surface area contributed by atoms with E-state index in [9.17, 15) is 20.1 Å². The smallest absolute Gasteiger partial charge is 0.217 e. The molecule has 1 saturated carbocycles. The third-order valence-corrected chi connectivity index (χ3v) is 7.15. The van der Waals surface area contributed by atoms with Crippen molar-refractivity contribution < 1.29 is 20.1 Å². The van der Waals surface area contributed by atoms with Gasteiger partial charge in [-0.25, -0.2) is 0 Å². The average molecular weight is 462 g/mol. The van der Waals surface area contributed by atoms with E-state index in [0.717, 1.165) is 11.3 Å². The summed E-state index contributed by atoms with van der Waals surface area (Å²) < 4.78 is 0.556. The first kappa shape index (κ1) is 24.4. The molecular formula is C21H29Cl2NO4S. The Kier molecular flexibility index (Phi) is 10.2. The van der Waals surface area contributed by atoms with Crippen LogP contribution < -0.4 is 5.73 Å². The molecule has 0 spiro atoms. The molecule has 0 aromatic carbocycles. The Morgan fingerprint density at radius 3 is 2.72 bits per heavy atom. The number of carbonyl (C=O) groups excluding carboxylic acids is 1. The molecule has 8 heteroatoms. The van der Waals surface area contributed by atoms with E-state index >= 15 is 0 Å². The molecule has 1 aliphatic rings. The molecular weight excluding hydrogens is 433 g/mol. The van der Waals surface area contributed by atoms with Crippen molar-refractivity contribution in [3.63, 3.8) is 0 Å². The van der Waals surface area contributed by atoms with Gasteiger partial charge < -0.3 is 21.1 Å². The van der Waals surface area contributed by atoms with Gasteiger partial charge in [0.2, 0.25) is 5.91 Å². The van der Waals surface area contributed by atoms with E-state index in [1.807, 2.05) is 24.3 Å². The first-order chi connectivity index (χ1) is 13.8. The van der Waals surface area contributed by atoms with E-state index < -0.39 is 18.3 Å². The molecule has 0 radical (unpaired) electrons. The van der Waals surface area contributed by atoms with Crippen molar-refractivity contribution in [2.45, 2.75) is 63.3 Å². The maximum atomic E-state index is 10.7. The molecule has 0 saturated heterocycles. The van der Waals surface area contributed by atoms with Crippen LogP contribution >= 0.6 is 34.5 Å². The summed E-state index contributed by atoms with van der Waals surface area (Å²) >= 11 is 13.3. The SMILES string of the molecule is NC(=O)CCC/C=C\C[C@H]1C(O)CC(O)[C@@H]1/C=C/C(O)CCc1cc(Cl)c(Cl)s1. The molecule has 0 aliphatic heterocycles. The van der Waals surface area contributed by atoms with Crippen LogP contribution in [0.2, 0.25) is 9.36 Å². The predicted molar refractivity (Wildman–Crippen MR) is 118 cm³/mol. The summed E-state index contributed by atoms with van der Waals surface area (Å²) in [5, 5.41) is 31.4. The van der Waals surface area contributed by atoms with Crippen molar-refractivity contribution in [1.82, 2.24) is 0 Å². The van der Waals surface area contributed by atoms with Crippen LogP contribution in [0, 0.1) is 11.8 Å². The number of allylic oxidation sites excluding steroid dienone is 2. The summed E-state index contributed by atoms with van der Waals surface area (Å²) in [7, 11) is 0. The number of rotatable bonds is 11. The Labute approximate surface area is 185 Å². The maximum Gasteiger partial charge on any atom is 0.217 e. The minimum absolute atomic E-state index is 0.101. The number of thiophene rings is 1. The minimum Gasteiger partial charge on any atom is -0.393 e. The number of hydrogen-bond donors (Lipinski definition) is 4. The van der Waals surface area contributed by atoms with Crippen molar-refractivity contribution in [2.24, 2.45) is 17.6 Å². The molecule has 1 aromatic rings. The number of nitrogens with two attached hydrogens (primary N) is 1. The molecule has 3 unspecified atom stereocenters. The quantitative estimate of drug-likeness (QED) is 0.296. The van der Waals surface area contributed by atoms with Crippen molar-refractivity contribution >= 4 is 40.4 Å². The fraction of sp³-hybridized carbons (Fsp3) is 0.571. The van der Waals surface area contributed by atoms with Crippen LogP contribution in [0.4, 0.5) is 0 Å². The second-order valence-corrected chi connectivity index (χ2v) is 9.65. The number of aliphatic hydroxyl groups excluding tert-OH is 3. The number of hydrogen-bond acceptors (Lipinski definition) is 5. The molecule has 1 amide bonds. The van der Waals surface area contributed by atoms with Crippen LogP contribution in [0.25, 0.3) is 0 Å². The Hall–Kier alpha value is -0.890. The Balaban J connectivity index is 1.83. The van der Waals surface area contributed by atoms with Crippen molar-refractivity contribution in [1.29, 1.82) is 0 Å². The summed E-state index contributed by atoms with van der Waals surface area (Å²) in [6.45, 7) is 0. The lowest BCUT2D eigenvalue weighted by atomic mass is 9.89. The highest BCUT2D eigenvalue weighted by atomic mass is 35.5. The lowest BCUT2D eigenvalue weighted by molar-refractivity contribution is -0.118. The molecule has 29 heavy (non-hydrogen) atoms. The third-order valence-electron chi connectivity index (χ3n) is 5.22. The van der Waals surface area contributed by atoms with Gasteiger partial charge in [0.25, 0.3) is 0 Å². The zero-order valence-corrected chi connectivity index (χ0v) is 18.5. The van der Waals surface area contributed by atoms with Gasteiger partial charge in [0.05, 0.1) is 23.3 Å². The summed E-state index contributed by atoms with van der Waals surface area (Å²) in [6.07, 6.45) is 9.60. The molecule has 1 aliphatic carbocycles. The van der Waals surface area contributed by atoms with Crippen molar-refractivity contribution in [2.75, 3.05) is 0 Å². The van der Waals surface area contributed by atoms with E-state index in [-0.39, 0.29) is 17.7 Å². The van der Waals surface area contributed by atoms with Crippen molar-refractivity contribution in [3.05, 3.63) is 44.6 Å². The number of halogens is 2. The van der Waals surface area contributed by atoms with Crippen LogP contribution in [-0.4, -0.2) is 39.5 Å². The van der Waals surface area contributed by atoms with Gasteiger partial charge in [-0.1, -0.05) is 47.5 Å². The van der Waals surface area contributed by atoms with Gasteiger partial charge in [0, 0.05) is 23.6 Å². The summed E-state index contributed by atoms with van der Waals surface area (Å²) in [5.74, 6) is -0.613. The van der Waals surface area contributed by atoms with E-state index in [2.05, 4.69) is 0 Å². The number of amides is 1. The zero-order valence-electron chi connectivity index (χ0n) is 16.2. The molecule has 5 atom stereocenters. The minimum atomic E-state index is -0.649. The second kappa shape index (κ2) is 12.1. The lowest BCUT2D eigenvalue weighted by Gasteiger charge is -2.19. The van der Waals surface area contributed by atoms with Gasteiger partial charge in [0.15, 0.2) is 0 Å². The molecule has 162 valence electrons. The second-order valence-electron chi connectivity index (χ2n) is 7.50. The summed E-state index contributed by atoms with van der Waals surface area (Å²) in [5.41, 5.74) is 5.12. The van der Waals surface area contributed by atoms with Crippen LogP contribution in [0.15, 0.2) is 30.4 Å². The van der Waals surface area contributed by atoms with E-state index in [0.29, 0.717) is 47.9 Å². The van der Waals surface area contributed by atoms with E-state index in [4.69, 9.17) is 28.9 Å². The first-order valence-corrected chi connectivity index (χ1v) is 11.4. The normalized spacial score (nSPS) is 26.0. The standard InChI is InChI=1S/C21H29Cl2NO4S/c22-17-11-14(29-21(17)23)9-7-13(25)8-10-16-15(18(26)12-19(16)27)5-3-1-2-4-6-20(24)28/h1,3,8,10-11,13,15-16,18-19,25-27H,2,4-7,9,12H2,(H2,24,28)/b3-1-,10-8+/t13?,15-,16-,18?,19?/m1/s1. The van der Waals surface area contributed by atoms with Crippen LogP contribution in [0.1, 0.15) is 43.4 Å². The van der Waals surface area contributed by atoms with E-state index in [1.165, 1.54) is 11.3 Å². The Morgan fingerprint density at radius 2 is 2.07 bits per heavy atom. The zero-order chi connectivity index (χ0) is 21.4. The summed E-state index contributed by atoms with van der Waals surface area (Å²) in [6, 6.07) is 1.81.